The second-order valence-electron chi connectivity index (χ2n) is 5.95. The Balaban J connectivity index is 1.86. The molecule has 1 amide bonds. The van der Waals surface area contributed by atoms with Crippen LogP contribution in [0.2, 0.25) is 0 Å². The van der Waals surface area contributed by atoms with E-state index in [1.165, 1.54) is 38.4 Å². The molecule has 0 radical (unpaired) electrons. The van der Waals surface area contributed by atoms with Crippen LogP contribution < -0.4 is 5.32 Å². The van der Waals surface area contributed by atoms with Crippen molar-refractivity contribution in [1.29, 1.82) is 0 Å². The quantitative estimate of drug-likeness (QED) is 0.612. The number of hydrogen-bond acceptors (Lipinski definition) is 5. The summed E-state index contributed by atoms with van der Waals surface area (Å²) in [6, 6.07) is 5.79. The average Bonchev–Trinajstić information content (AvgIpc) is 2.60. The Bertz CT molecular complexity index is 754. The summed E-state index contributed by atoms with van der Waals surface area (Å²) in [4.78, 5) is 23.9. The lowest BCUT2D eigenvalue weighted by Crippen LogP contribution is -2.25. The smallest absolute Gasteiger partial charge is 0.309 e. The highest BCUT2D eigenvalue weighted by Crippen LogP contribution is 2.19. The Kier molecular flexibility index (Phi) is 6.33. The molecule has 0 aromatic heterocycles. The molecule has 0 unspecified atom stereocenters. The van der Waals surface area contributed by atoms with E-state index in [0.717, 1.165) is 17.1 Å². The van der Waals surface area contributed by atoms with Crippen molar-refractivity contribution in [2.45, 2.75) is 24.2 Å². The van der Waals surface area contributed by atoms with Crippen LogP contribution in [0.3, 0.4) is 0 Å². The van der Waals surface area contributed by atoms with Crippen LogP contribution in [0, 0.1) is 5.92 Å². The number of allylic oxidation sites excluding steroid dienone is 2. The van der Waals surface area contributed by atoms with E-state index >= 15 is 0 Å². The zero-order valence-corrected chi connectivity index (χ0v) is 15.1. The molecule has 0 saturated carbocycles. The Hall–Kier alpha value is -2.19. The van der Waals surface area contributed by atoms with Crippen molar-refractivity contribution < 1.29 is 22.7 Å². The Morgan fingerprint density at radius 1 is 1.20 bits per heavy atom. The molecule has 1 aromatic carbocycles. The molecule has 8 heteroatoms. The second-order valence-corrected chi connectivity index (χ2v) is 8.10. The maximum Gasteiger partial charge on any atom is 0.309 e. The van der Waals surface area contributed by atoms with Gasteiger partial charge in [-0.25, -0.2) is 12.7 Å². The van der Waals surface area contributed by atoms with Crippen LogP contribution in [0.15, 0.2) is 41.3 Å². The van der Waals surface area contributed by atoms with Gasteiger partial charge in [-0.3, -0.25) is 9.59 Å². The van der Waals surface area contributed by atoms with Gasteiger partial charge in [0.1, 0.15) is 0 Å². The standard InChI is InChI=1S/C17H22N2O5S/c1-19(2)25(22,23)15-10-8-14(9-11-15)18-16(20)12-24-17(21)13-6-4-3-5-7-13/h3-4,8-11,13H,5-7,12H2,1-2H3,(H,18,20)/t13-/m1/s1. The normalized spacial score (nSPS) is 17.3. The number of anilines is 1. The van der Waals surface area contributed by atoms with Crippen LogP contribution in [0.1, 0.15) is 19.3 Å². The van der Waals surface area contributed by atoms with E-state index < -0.39 is 15.9 Å². The summed E-state index contributed by atoms with van der Waals surface area (Å²) in [6.45, 7) is -0.364. The lowest BCUT2D eigenvalue weighted by Gasteiger charge is -2.16. The molecular formula is C17H22N2O5S. The van der Waals surface area contributed by atoms with Gasteiger partial charge in [0.2, 0.25) is 10.0 Å². The first-order valence-electron chi connectivity index (χ1n) is 7.95. The number of hydrogen-bond donors (Lipinski definition) is 1. The second kappa shape index (κ2) is 8.26. The van der Waals surface area contributed by atoms with E-state index in [1.54, 1.807) is 0 Å². The van der Waals surface area contributed by atoms with Crippen LogP contribution in [0.5, 0.6) is 0 Å². The largest absolute Gasteiger partial charge is 0.455 e. The van der Waals surface area contributed by atoms with Gasteiger partial charge in [0.05, 0.1) is 10.8 Å². The number of nitrogens with zero attached hydrogens (tertiary/aromatic N) is 1. The number of esters is 1. The van der Waals surface area contributed by atoms with Crippen molar-refractivity contribution >= 4 is 27.6 Å². The van der Waals surface area contributed by atoms with Crippen molar-refractivity contribution in [3.05, 3.63) is 36.4 Å². The maximum atomic E-state index is 12.0. The fraction of sp³-hybridized carbons (Fsp3) is 0.412. The van der Waals surface area contributed by atoms with Gasteiger partial charge in [-0.2, -0.15) is 0 Å². The number of carbonyl (C=O) groups is 2. The topological polar surface area (TPSA) is 92.8 Å². The van der Waals surface area contributed by atoms with E-state index in [4.69, 9.17) is 4.74 Å². The van der Waals surface area contributed by atoms with Gasteiger partial charge in [-0.1, -0.05) is 12.2 Å². The first kappa shape index (κ1) is 19.1. The number of sulfonamides is 1. The summed E-state index contributed by atoms with van der Waals surface area (Å²) >= 11 is 0. The molecule has 1 aliphatic rings. The molecule has 1 aromatic rings. The molecule has 0 aliphatic heterocycles. The highest BCUT2D eigenvalue weighted by molar-refractivity contribution is 7.89. The highest BCUT2D eigenvalue weighted by atomic mass is 32.2. The van der Waals surface area contributed by atoms with Gasteiger partial charge in [0.25, 0.3) is 5.91 Å². The van der Waals surface area contributed by atoms with Crippen LogP contribution in [-0.2, 0) is 24.3 Å². The van der Waals surface area contributed by atoms with E-state index in [9.17, 15) is 18.0 Å². The molecule has 1 N–H and O–H groups in total. The third kappa shape index (κ3) is 5.14. The van der Waals surface area contributed by atoms with Crippen molar-refractivity contribution in [3.63, 3.8) is 0 Å². The highest BCUT2D eigenvalue weighted by Gasteiger charge is 2.21. The number of ether oxygens (including phenoxy) is 1. The Morgan fingerprint density at radius 3 is 2.44 bits per heavy atom. The zero-order valence-electron chi connectivity index (χ0n) is 14.3. The van der Waals surface area contributed by atoms with Gasteiger partial charge in [-0.15, -0.1) is 0 Å². The number of carbonyl (C=O) groups excluding carboxylic acids is 2. The molecule has 0 fully saturated rings. The van der Waals surface area contributed by atoms with Gasteiger partial charge in [0, 0.05) is 19.8 Å². The van der Waals surface area contributed by atoms with Gasteiger partial charge in [-0.05, 0) is 43.5 Å². The minimum absolute atomic E-state index is 0.132. The minimum Gasteiger partial charge on any atom is -0.455 e. The van der Waals surface area contributed by atoms with Gasteiger partial charge >= 0.3 is 5.97 Å². The Labute approximate surface area is 147 Å². The summed E-state index contributed by atoms with van der Waals surface area (Å²) in [5.41, 5.74) is 0.430. The first-order chi connectivity index (χ1) is 11.8. The van der Waals surface area contributed by atoms with Crippen molar-refractivity contribution in [1.82, 2.24) is 4.31 Å². The van der Waals surface area contributed by atoms with E-state index in [-0.39, 0.29) is 23.4 Å². The van der Waals surface area contributed by atoms with Crippen LogP contribution in [-0.4, -0.2) is 45.3 Å². The van der Waals surface area contributed by atoms with E-state index in [0.29, 0.717) is 12.1 Å². The summed E-state index contributed by atoms with van der Waals surface area (Å²) in [5.74, 6) is -1.02. The SMILES string of the molecule is CN(C)S(=O)(=O)c1ccc(NC(=O)COC(=O)[C@@H]2CC=CCC2)cc1. The third-order valence-electron chi connectivity index (χ3n) is 3.86. The molecule has 0 spiro atoms. The summed E-state index contributed by atoms with van der Waals surface area (Å²) in [6.07, 6.45) is 6.19. The van der Waals surface area contributed by atoms with Crippen LogP contribution in [0.4, 0.5) is 5.69 Å². The molecule has 25 heavy (non-hydrogen) atoms. The summed E-state index contributed by atoms with van der Waals surface area (Å²) in [5, 5.41) is 2.57. The molecule has 7 nitrogen and oxygen atoms in total. The third-order valence-corrected chi connectivity index (χ3v) is 5.69. The average molecular weight is 366 g/mol. The lowest BCUT2D eigenvalue weighted by atomic mass is 9.95. The predicted octanol–water partition coefficient (Wildman–Crippen LogP) is 1.77. The predicted molar refractivity (Wildman–Crippen MR) is 93.4 cm³/mol. The molecule has 0 heterocycles. The summed E-state index contributed by atoms with van der Waals surface area (Å²) < 4.78 is 30.1. The van der Waals surface area contributed by atoms with Crippen LogP contribution in [0.25, 0.3) is 0 Å². The number of benzene rings is 1. The monoisotopic (exact) mass is 366 g/mol. The zero-order chi connectivity index (χ0) is 18.4. The molecular weight excluding hydrogens is 344 g/mol. The fourth-order valence-electron chi connectivity index (χ4n) is 2.38. The van der Waals surface area contributed by atoms with Crippen molar-refractivity contribution in [2.75, 3.05) is 26.0 Å². The van der Waals surface area contributed by atoms with Crippen LogP contribution >= 0.6 is 0 Å². The number of nitrogens with one attached hydrogen (secondary N) is 1. The van der Waals surface area contributed by atoms with Crippen molar-refractivity contribution in [3.8, 4) is 0 Å². The molecule has 1 atom stereocenters. The molecule has 136 valence electrons. The van der Waals surface area contributed by atoms with E-state index in [2.05, 4.69) is 5.32 Å². The first-order valence-corrected chi connectivity index (χ1v) is 9.39. The minimum atomic E-state index is -3.51. The number of amides is 1. The van der Waals surface area contributed by atoms with Gasteiger partial charge in [0.15, 0.2) is 6.61 Å². The van der Waals surface area contributed by atoms with Crippen molar-refractivity contribution in [2.24, 2.45) is 5.92 Å². The molecule has 2 rings (SSSR count). The molecule has 0 bridgehead atoms. The number of rotatable bonds is 6. The maximum absolute atomic E-state index is 12.0. The van der Waals surface area contributed by atoms with E-state index in [1.807, 2.05) is 12.2 Å². The molecule has 0 saturated heterocycles. The van der Waals surface area contributed by atoms with Gasteiger partial charge < -0.3 is 10.1 Å². The fourth-order valence-corrected chi connectivity index (χ4v) is 3.28. The Morgan fingerprint density at radius 2 is 1.88 bits per heavy atom. The lowest BCUT2D eigenvalue weighted by molar-refractivity contribution is -0.151. The molecule has 1 aliphatic carbocycles. The summed E-state index contributed by atoms with van der Waals surface area (Å²) in [7, 11) is -0.618.